The van der Waals surface area contributed by atoms with Gasteiger partial charge in [-0.2, -0.15) is 0 Å². The zero-order valence-electron chi connectivity index (χ0n) is 13.3. The van der Waals surface area contributed by atoms with Gasteiger partial charge in [0.05, 0.1) is 5.25 Å². The summed E-state index contributed by atoms with van der Waals surface area (Å²) in [5, 5.41) is 12.4. The molecule has 0 heterocycles. The molecule has 3 nitrogen and oxygen atoms in total. The molecule has 2 N–H and O–H groups in total. The Morgan fingerprint density at radius 1 is 1.23 bits per heavy atom. The Morgan fingerprint density at radius 3 is 2.55 bits per heavy atom. The lowest BCUT2D eigenvalue weighted by Crippen LogP contribution is -2.43. The minimum absolute atomic E-state index is 0.119. The molecule has 0 radical (unpaired) electrons. The van der Waals surface area contributed by atoms with Crippen LogP contribution in [0.15, 0.2) is 29.2 Å². The first kappa shape index (κ1) is 15.7. The van der Waals surface area contributed by atoms with Crippen molar-refractivity contribution in [1.82, 2.24) is 5.32 Å². The van der Waals surface area contributed by atoms with Gasteiger partial charge in [-0.1, -0.05) is 6.42 Å². The highest BCUT2D eigenvalue weighted by atomic mass is 32.2. The summed E-state index contributed by atoms with van der Waals surface area (Å²) in [6, 6.07) is 7.30. The summed E-state index contributed by atoms with van der Waals surface area (Å²) in [6.07, 6.45) is 5.43. The first-order valence-electron chi connectivity index (χ1n) is 8.29. The molecule has 3 rings (SSSR count). The van der Waals surface area contributed by atoms with Crippen molar-refractivity contribution in [3.8, 4) is 5.75 Å². The third kappa shape index (κ3) is 3.43. The summed E-state index contributed by atoms with van der Waals surface area (Å²) in [5.41, 5.74) is 0. The second kappa shape index (κ2) is 6.53. The summed E-state index contributed by atoms with van der Waals surface area (Å²) in [7, 11) is 0. The van der Waals surface area contributed by atoms with E-state index in [2.05, 4.69) is 12.2 Å². The van der Waals surface area contributed by atoms with E-state index in [1.165, 1.54) is 37.4 Å². The molecule has 4 heteroatoms. The third-order valence-corrected chi connectivity index (χ3v) is 6.44. The van der Waals surface area contributed by atoms with Crippen LogP contribution in [0.3, 0.4) is 0 Å². The predicted molar refractivity (Wildman–Crippen MR) is 90.0 cm³/mol. The van der Waals surface area contributed by atoms with Crippen LogP contribution in [0.4, 0.5) is 0 Å². The van der Waals surface area contributed by atoms with Crippen molar-refractivity contribution in [3.05, 3.63) is 24.3 Å². The number of rotatable bonds is 5. The van der Waals surface area contributed by atoms with Crippen molar-refractivity contribution >= 4 is 17.7 Å². The molecule has 2 bridgehead atoms. The predicted octanol–water partition coefficient (Wildman–Crippen LogP) is 3.81. The highest BCUT2D eigenvalue weighted by molar-refractivity contribution is 8.00. The van der Waals surface area contributed by atoms with Crippen molar-refractivity contribution in [1.29, 1.82) is 0 Å². The molecule has 1 amide bonds. The van der Waals surface area contributed by atoms with E-state index in [0.29, 0.717) is 5.92 Å². The van der Waals surface area contributed by atoms with Crippen LogP contribution in [-0.4, -0.2) is 22.3 Å². The number of carbonyl (C=O) groups is 1. The lowest BCUT2D eigenvalue weighted by Gasteiger charge is -2.29. The summed E-state index contributed by atoms with van der Waals surface area (Å²) in [4.78, 5) is 13.4. The van der Waals surface area contributed by atoms with E-state index in [9.17, 15) is 9.90 Å². The molecule has 5 atom stereocenters. The molecular weight excluding hydrogens is 294 g/mol. The zero-order chi connectivity index (χ0) is 15.7. The Balaban J connectivity index is 1.51. The van der Waals surface area contributed by atoms with Crippen LogP contribution in [0.2, 0.25) is 0 Å². The monoisotopic (exact) mass is 319 g/mol. The second-order valence-corrected chi connectivity index (χ2v) is 8.30. The number of phenols is 1. The third-order valence-electron chi connectivity index (χ3n) is 5.32. The Hall–Kier alpha value is -1.16. The van der Waals surface area contributed by atoms with Crippen molar-refractivity contribution < 1.29 is 9.90 Å². The van der Waals surface area contributed by atoms with Gasteiger partial charge >= 0.3 is 0 Å². The molecule has 0 saturated heterocycles. The molecule has 0 aromatic heterocycles. The summed E-state index contributed by atoms with van der Waals surface area (Å²) >= 11 is 1.54. The van der Waals surface area contributed by atoms with Gasteiger partial charge in [0.25, 0.3) is 0 Å². The molecule has 22 heavy (non-hydrogen) atoms. The first-order chi connectivity index (χ1) is 10.5. The number of phenolic OH excluding ortho intramolecular Hbond substituents is 1. The van der Waals surface area contributed by atoms with E-state index >= 15 is 0 Å². The number of hydrogen-bond acceptors (Lipinski definition) is 3. The molecule has 1 aromatic rings. The standard InChI is InChI=1S/C18H25NO2S/c1-11(17-10-13-3-4-14(17)9-13)19-18(21)12(2)22-16-7-5-15(20)6-8-16/h5-8,11-14,17,20H,3-4,9-10H2,1-2H3,(H,19,21). The molecule has 5 unspecified atom stereocenters. The first-order valence-corrected chi connectivity index (χ1v) is 9.17. The molecule has 0 spiro atoms. The van der Waals surface area contributed by atoms with E-state index in [4.69, 9.17) is 0 Å². The molecule has 2 aliphatic carbocycles. The Morgan fingerprint density at radius 2 is 1.95 bits per heavy atom. The number of hydrogen-bond donors (Lipinski definition) is 2. The van der Waals surface area contributed by atoms with Gasteiger partial charge in [0.2, 0.25) is 5.91 Å². The maximum Gasteiger partial charge on any atom is 0.233 e. The Kier molecular flexibility index (Phi) is 4.67. The van der Waals surface area contributed by atoms with Crippen molar-refractivity contribution in [2.24, 2.45) is 17.8 Å². The van der Waals surface area contributed by atoms with Gasteiger partial charge in [0.1, 0.15) is 5.75 Å². The number of thioether (sulfide) groups is 1. The molecule has 2 saturated carbocycles. The molecular formula is C18H25NO2S. The van der Waals surface area contributed by atoms with Crippen LogP contribution in [0.5, 0.6) is 5.75 Å². The number of carbonyl (C=O) groups excluding carboxylic acids is 1. The minimum atomic E-state index is -0.120. The maximum atomic E-state index is 12.4. The van der Waals surface area contributed by atoms with Gasteiger partial charge in [-0.3, -0.25) is 4.79 Å². The van der Waals surface area contributed by atoms with E-state index in [1.807, 2.05) is 19.1 Å². The fraction of sp³-hybridized carbons (Fsp3) is 0.611. The normalized spacial score (nSPS) is 29.3. The number of aromatic hydroxyl groups is 1. The average Bonchev–Trinajstić information content (AvgIpc) is 3.12. The lowest BCUT2D eigenvalue weighted by atomic mass is 9.84. The molecule has 120 valence electrons. The highest BCUT2D eigenvalue weighted by Crippen LogP contribution is 2.49. The van der Waals surface area contributed by atoms with Gasteiger partial charge in [-0.05, 0) is 75.1 Å². The van der Waals surface area contributed by atoms with Gasteiger partial charge in [-0.25, -0.2) is 0 Å². The molecule has 2 fully saturated rings. The van der Waals surface area contributed by atoms with Gasteiger partial charge < -0.3 is 10.4 Å². The van der Waals surface area contributed by atoms with Crippen LogP contribution in [0, 0.1) is 17.8 Å². The smallest absolute Gasteiger partial charge is 0.233 e. The number of nitrogens with one attached hydrogen (secondary N) is 1. The Labute approximate surface area is 136 Å². The maximum absolute atomic E-state index is 12.4. The van der Waals surface area contributed by atoms with Crippen LogP contribution >= 0.6 is 11.8 Å². The van der Waals surface area contributed by atoms with Crippen LogP contribution < -0.4 is 5.32 Å². The number of fused-ring (bicyclic) bond motifs is 2. The van der Waals surface area contributed by atoms with Gasteiger partial charge in [-0.15, -0.1) is 11.8 Å². The average molecular weight is 319 g/mol. The second-order valence-electron chi connectivity index (χ2n) is 6.89. The van der Waals surface area contributed by atoms with E-state index < -0.39 is 0 Å². The molecule has 2 aliphatic rings. The molecule has 1 aromatic carbocycles. The van der Waals surface area contributed by atoms with Crippen molar-refractivity contribution in [2.45, 2.75) is 55.7 Å². The fourth-order valence-corrected chi connectivity index (χ4v) is 5.01. The van der Waals surface area contributed by atoms with Gasteiger partial charge in [0.15, 0.2) is 0 Å². The molecule has 0 aliphatic heterocycles. The number of benzene rings is 1. The van der Waals surface area contributed by atoms with Crippen molar-refractivity contribution in [3.63, 3.8) is 0 Å². The summed E-state index contributed by atoms with van der Waals surface area (Å²) in [5.74, 6) is 2.80. The van der Waals surface area contributed by atoms with Crippen LogP contribution in [0.1, 0.15) is 39.5 Å². The zero-order valence-corrected chi connectivity index (χ0v) is 14.1. The fourth-order valence-electron chi connectivity index (χ4n) is 4.14. The lowest BCUT2D eigenvalue weighted by molar-refractivity contribution is -0.121. The van der Waals surface area contributed by atoms with E-state index in [1.54, 1.807) is 12.1 Å². The highest BCUT2D eigenvalue weighted by Gasteiger charge is 2.42. The largest absolute Gasteiger partial charge is 0.508 e. The van der Waals surface area contributed by atoms with Crippen LogP contribution in [0.25, 0.3) is 0 Å². The van der Waals surface area contributed by atoms with Crippen molar-refractivity contribution in [2.75, 3.05) is 0 Å². The summed E-state index contributed by atoms with van der Waals surface area (Å²) < 4.78 is 0. The Bertz CT molecular complexity index is 530. The van der Waals surface area contributed by atoms with Crippen LogP contribution in [-0.2, 0) is 4.79 Å². The van der Waals surface area contributed by atoms with E-state index in [-0.39, 0.29) is 22.9 Å². The quantitative estimate of drug-likeness (QED) is 0.811. The topological polar surface area (TPSA) is 49.3 Å². The van der Waals surface area contributed by atoms with E-state index in [0.717, 1.165) is 16.7 Å². The SMILES string of the molecule is CC(Sc1ccc(O)cc1)C(=O)NC(C)C1CC2CCC1C2. The summed E-state index contributed by atoms with van der Waals surface area (Å²) in [6.45, 7) is 4.11. The minimum Gasteiger partial charge on any atom is -0.508 e. The number of amides is 1. The van der Waals surface area contributed by atoms with Gasteiger partial charge in [0, 0.05) is 10.9 Å².